The fourth-order valence-corrected chi connectivity index (χ4v) is 2.13. The van der Waals surface area contributed by atoms with Gasteiger partial charge in [0.05, 0.1) is 6.61 Å². The topological polar surface area (TPSA) is 92.7 Å². The second-order valence-corrected chi connectivity index (χ2v) is 5.36. The minimum absolute atomic E-state index is 0.0382. The zero-order valence-corrected chi connectivity index (χ0v) is 10.7. The second kappa shape index (κ2) is 6.36. The van der Waals surface area contributed by atoms with Gasteiger partial charge in [0.15, 0.2) is 5.75 Å². The predicted molar refractivity (Wildman–Crippen MR) is 65.9 cm³/mol. The lowest BCUT2D eigenvalue weighted by molar-refractivity contribution is -0.134. The quantitative estimate of drug-likeness (QED) is 0.758. The van der Waals surface area contributed by atoms with E-state index in [9.17, 15) is 13.2 Å². The van der Waals surface area contributed by atoms with Gasteiger partial charge in [0.25, 0.3) is 0 Å². The number of ether oxygens (including phenoxy) is 1. The SMILES string of the molecule is CCOc1cccc(CNS(=O)(=O)CC(=O)O)c1. The molecule has 0 saturated heterocycles. The van der Waals surface area contributed by atoms with Gasteiger partial charge in [0.2, 0.25) is 10.0 Å². The molecule has 0 spiro atoms. The fourth-order valence-electron chi connectivity index (χ4n) is 1.32. The lowest BCUT2D eigenvalue weighted by Crippen LogP contribution is -2.29. The van der Waals surface area contributed by atoms with Gasteiger partial charge >= 0.3 is 5.97 Å². The number of carboxylic acid groups (broad SMARTS) is 1. The predicted octanol–water partition coefficient (Wildman–Crippen LogP) is 0.589. The number of hydrogen-bond acceptors (Lipinski definition) is 4. The molecular weight excluding hydrogens is 258 g/mol. The van der Waals surface area contributed by atoms with Crippen molar-refractivity contribution in [2.45, 2.75) is 13.5 Å². The molecule has 0 unspecified atom stereocenters. The molecule has 1 aromatic rings. The lowest BCUT2D eigenvalue weighted by Gasteiger charge is -2.07. The molecule has 1 aromatic carbocycles. The number of carboxylic acids is 1. The summed E-state index contributed by atoms with van der Waals surface area (Å²) in [6.45, 7) is 2.41. The highest BCUT2D eigenvalue weighted by Crippen LogP contribution is 2.13. The number of aliphatic carboxylic acids is 1. The molecule has 0 radical (unpaired) electrons. The van der Waals surface area contributed by atoms with Gasteiger partial charge in [0, 0.05) is 6.54 Å². The summed E-state index contributed by atoms with van der Waals surface area (Å²) in [4.78, 5) is 10.3. The number of carbonyl (C=O) groups is 1. The Hall–Kier alpha value is -1.60. The van der Waals surface area contributed by atoms with E-state index >= 15 is 0 Å². The van der Waals surface area contributed by atoms with Gasteiger partial charge in [-0.3, -0.25) is 4.79 Å². The first kappa shape index (κ1) is 14.5. The molecule has 0 atom stereocenters. The van der Waals surface area contributed by atoms with E-state index in [1.165, 1.54) is 0 Å². The van der Waals surface area contributed by atoms with Gasteiger partial charge in [-0.25, -0.2) is 13.1 Å². The third-order valence-corrected chi connectivity index (χ3v) is 3.23. The van der Waals surface area contributed by atoms with Crippen LogP contribution in [0.25, 0.3) is 0 Å². The Morgan fingerprint density at radius 2 is 2.17 bits per heavy atom. The molecule has 6 nitrogen and oxygen atoms in total. The number of benzene rings is 1. The van der Waals surface area contributed by atoms with Gasteiger partial charge in [-0.05, 0) is 24.6 Å². The van der Waals surface area contributed by atoms with Crippen molar-refractivity contribution in [2.75, 3.05) is 12.4 Å². The van der Waals surface area contributed by atoms with E-state index in [1.54, 1.807) is 24.3 Å². The number of hydrogen-bond donors (Lipinski definition) is 2. The Balaban J connectivity index is 2.63. The summed E-state index contributed by atoms with van der Waals surface area (Å²) in [6.07, 6.45) is 0. The largest absolute Gasteiger partial charge is 0.494 e. The highest BCUT2D eigenvalue weighted by molar-refractivity contribution is 7.90. The highest BCUT2D eigenvalue weighted by Gasteiger charge is 2.14. The normalized spacial score (nSPS) is 11.2. The lowest BCUT2D eigenvalue weighted by atomic mass is 10.2. The Morgan fingerprint density at radius 3 is 2.78 bits per heavy atom. The Labute approximate surface area is 106 Å². The molecule has 0 aromatic heterocycles. The van der Waals surface area contributed by atoms with Crippen molar-refractivity contribution in [2.24, 2.45) is 0 Å². The molecule has 100 valence electrons. The molecule has 2 N–H and O–H groups in total. The molecule has 0 heterocycles. The standard InChI is InChI=1S/C11H15NO5S/c1-2-17-10-5-3-4-9(6-10)7-12-18(15,16)8-11(13)14/h3-6,12H,2,7-8H2,1H3,(H,13,14). The van der Waals surface area contributed by atoms with E-state index in [4.69, 9.17) is 9.84 Å². The first-order valence-corrected chi connectivity index (χ1v) is 6.99. The van der Waals surface area contributed by atoms with E-state index in [0.717, 1.165) is 0 Å². The molecule has 0 bridgehead atoms. The summed E-state index contributed by atoms with van der Waals surface area (Å²) in [7, 11) is -3.79. The first-order chi connectivity index (χ1) is 8.43. The maximum Gasteiger partial charge on any atom is 0.320 e. The van der Waals surface area contributed by atoms with Crippen LogP contribution in [0.2, 0.25) is 0 Å². The molecule has 0 aliphatic heterocycles. The van der Waals surface area contributed by atoms with Crippen LogP contribution in [0.15, 0.2) is 24.3 Å². The molecule has 0 fully saturated rings. The third-order valence-electron chi connectivity index (χ3n) is 2.02. The van der Waals surface area contributed by atoms with Crippen molar-refractivity contribution in [3.8, 4) is 5.75 Å². The zero-order chi connectivity index (χ0) is 13.6. The summed E-state index contributed by atoms with van der Waals surface area (Å²) in [6, 6.07) is 6.93. The van der Waals surface area contributed by atoms with Gasteiger partial charge in [-0.2, -0.15) is 0 Å². The van der Waals surface area contributed by atoms with Crippen LogP contribution < -0.4 is 9.46 Å². The van der Waals surface area contributed by atoms with E-state index < -0.39 is 21.7 Å². The van der Waals surface area contributed by atoms with Crippen LogP contribution in [0.1, 0.15) is 12.5 Å². The fraction of sp³-hybridized carbons (Fsp3) is 0.364. The van der Waals surface area contributed by atoms with Gasteiger partial charge in [-0.15, -0.1) is 0 Å². The summed E-state index contributed by atoms with van der Waals surface area (Å²) in [5.74, 6) is -1.67. The van der Waals surface area contributed by atoms with Gasteiger partial charge in [0.1, 0.15) is 5.75 Å². The van der Waals surface area contributed by atoms with Crippen LogP contribution in [0.4, 0.5) is 0 Å². The molecule has 1 rings (SSSR count). The Bertz CT molecular complexity index is 512. The average Bonchev–Trinajstić information content (AvgIpc) is 2.26. The smallest absolute Gasteiger partial charge is 0.320 e. The van der Waals surface area contributed by atoms with E-state index in [-0.39, 0.29) is 6.54 Å². The summed E-state index contributed by atoms with van der Waals surface area (Å²) < 4.78 is 30.1. The van der Waals surface area contributed by atoms with Crippen molar-refractivity contribution in [1.29, 1.82) is 0 Å². The van der Waals surface area contributed by atoms with Crippen LogP contribution in [0.5, 0.6) is 5.75 Å². The van der Waals surface area contributed by atoms with Gasteiger partial charge in [-0.1, -0.05) is 12.1 Å². The molecule has 18 heavy (non-hydrogen) atoms. The molecule has 7 heteroatoms. The summed E-state index contributed by atoms with van der Waals surface area (Å²) >= 11 is 0. The minimum atomic E-state index is -3.79. The molecule has 0 aliphatic rings. The van der Waals surface area contributed by atoms with Gasteiger partial charge < -0.3 is 9.84 Å². The van der Waals surface area contributed by atoms with Crippen molar-refractivity contribution in [3.05, 3.63) is 29.8 Å². The monoisotopic (exact) mass is 273 g/mol. The van der Waals surface area contributed by atoms with Crippen molar-refractivity contribution in [1.82, 2.24) is 4.72 Å². The van der Waals surface area contributed by atoms with Crippen molar-refractivity contribution in [3.63, 3.8) is 0 Å². The molecule has 0 aliphatic carbocycles. The zero-order valence-electron chi connectivity index (χ0n) is 9.92. The molecule has 0 saturated carbocycles. The van der Waals surface area contributed by atoms with Crippen LogP contribution in [-0.2, 0) is 21.4 Å². The van der Waals surface area contributed by atoms with Crippen molar-refractivity contribution < 1.29 is 23.1 Å². The van der Waals surface area contributed by atoms with Crippen LogP contribution >= 0.6 is 0 Å². The Kier molecular flexibility index (Phi) is 5.11. The van der Waals surface area contributed by atoms with Crippen molar-refractivity contribution >= 4 is 16.0 Å². The van der Waals surface area contributed by atoms with E-state index in [0.29, 0.717) is 17.9 Å². The summed E-state index contributed by atoms with van der Waals surface area (Å²) in [5.41, 5.74) is 0.704. The highest BCUT2D eigenvalue weighted by atomic mass is 32.2. The van der Waals surface area contributed by atoms with Crippen LogP contribution in [-0.4, -0.2) is 31.9 Å². The third kappa shape index (κ3) is 5.15. The number of rotatable bonds is 7. The molecular formula is C11H15NO5S. The van der Waals surface area contributed by atoms with E-state index in [2.05, 4.69) is 4.72 Å². The van der Waals surface area contributed by atoms with Crippen LogP contribution in [0.3, 0.4) is 0 Å². The number of nitrogens with one attached hydrogen (secondary N) is 1. The second-order valence-electron chi connectivity index (χ2n) is 3.55. The summed E-state index contributed by atoms with van der Waals surface area (Å²) in [5, 5.41) is 8.42. The molecule has 0 amide bonds. The number of sulfonamides is 1. The minimum Gasteiger partial charge on any atom is -0.494 e. The van der Waals surface area contributed by atoms with Crippen LogP contribution in [0, 0.1) is 0 Å². The first-order valence-electron chi connectivity index (χ1n) is 5.34. The van der Waals surface area contributed by atoms with E-state index in [1.807, 2.05) is 6.92 Å². The Morgan fingerprint density at radius 1 is 1.44 bits per heavy atom. The average molecular weight is 273 g/mol. The maximum atomic E-state index is 11.3. The maximum absolute atomic E-state index is 11.3.